The molecule has 8 nitrogen and oxygen atoms in total. The fraction of sp³-hybridized carbons (Fsp3) is 0.143. The van der Waals surface area contributed by atoms with Gasteiger partial charge in [0.1, 0.15) is 16.9 Å². The summed E-state index contributed by atoms with van der Waals surface area (Å²) < 4.78 is 9.11. The third-order valence-corrected chi connectivity index (χ3v) is 7.28. The molecule has 0 spiro atoms. The zero-order valence-corrected chi connectivity index (χ0v) is 20.8. The average molecular weight is 510 g/mol. The van der Waals surface area contributed by atoms with Crippen LogP contribution in [0.15, 0.2) is 95.0 Å². The first-order valence-electron chi connectivity index (χ1n) is 11.9. The molecule has 1 amide bonds. The summed E-state index contributed by atoms with van der Waals surface area (Å²) in [6, 6.07) is 24.3. The van der Waals surface area contributed by atoms with Gasteiger partial charge in [-0.1, -0.05) is 47.7 Å². The highest BCUT2D eigenvalue weighted by atomic mass is 32.2. The van der Waals surface area contributed by atoms with Crippen molar-refractivity contribution in [3.05, 3.63) is 101 Å². The molecule has 1 N–H and O–H groups in total. The quantitative estimate of drug-likeness (QED) is 0.310. The van der Waals surface area contributed by atoms with E-state index in [1.165, 1.54) is 11.8 Å². The molecule has 3 heterocycles. The van der Waals surface area contributed by atoms with Crippen LogP contribution in [-0.2, 0) is 4.79 Å². The Labute approximate surface area is 216 Å². The minimum atomic E-state index is -0.284. The second kappa shape index (κ2) is 9.59. The summed E-state index contributed by atoms with van der Waals surface area (Å²) in [7, 11) is 0. The number of thioether (sulfide) groups is 1. The first kappa shape index (κ1) is 23.1. The Bertz CT molecular complexity index is 1640. The number of amides is 1. The number of carbonyl (C=O) groups is 1. The molecule has 2 aromatic heterocycles. The van der Waals surface area contributed by atoms with Gasteiger partial charge in [-0.25, -0.2) is 9.67 Å². The summed E-state index contributed by atoms with van der Waals surface area (Å²) in [5.41, 5.74) is 2.99. The van der Waals surface area contributed by atoms with Crippen molar-refractivity contribution in [2.24, 2.45) is 0 Å². The van der Waals surface area contributed by atoms with E-state index in [0.717, 1.165) is 17.0 Å². The Morgan fingerprint density at radius 1 is 1.03 bits per heavy atom. The number of ether oxygens (including phenoxy) is 1. The Kier molecular flexibility index (Phi) is 5.97. The average Bonchev–Trinajstić information content (AvgIpc) is 3.51. The Morgan fingerprint density at radius 3 is 2.51 bits per heavy atom. The molecule has 5 aromatic rings. The van der Waals surface area contributed by atoms with Crippen LogP contribution in [0, 0.1) is 6.92 Å². The minimum Gasteiger partial charge on any atom is -0.457 e. The van der Waals surface area contributed by atoms with Crippen LogP contribution in [0.5, 0.6) is 11.5 Å². The summed E-state index contributed by atoms with van der Waals surface area (Å²) in [6.45, 7) is 2.02. The number of aryl methyl sites for hydroxylation is 1. The molecule has 9 heteroatoms. The van der Waals surface area contributed by atoms with Crippen molar-refractivity contribution in [1.29, 1.82) is 0 Å². The van der Waals surface area contributed by atoms with E-state index < -0.39 is 0 Å². The number of fused-ring (bicyclic) bond motifs is 2. The van der Waals surface area contributed by atoms with Crippen molar-refractivity contribution in [3.8, 4) is 17.2 Å². The number of anilines is 1. The minimum absolute atomic E-state index is 0.168. The summed E-state index contributed by atoms with van der Waals surface area (Å²) >= 11 is 1.48. The first-order chi connectivity index (χ1) is 18.0. The number of para-hydroxylation sites is 1. The monoisotopic (exact) mass is 509 g/mol. The van der Waals surface area contributed by atoms with E-state index in [4.69, 9.17) is 9.72 Å². The van der Waals surface area contributed by atoms with Gasteiger partial charge in [0.2, 0.25) is 5.91 Å². The van der Waals surface area contributed by atoms with Gasteiger partial charge in [0.15, 0.2) is 10.8 Å². The molecule has 1 aliphatic heterocycles. The predicted octanol–water partition coefficient (Wildman–Crippen LogP) is 5.36. The van der Waals surface area contributed by atoms with Gasteiger partial charge in [-0.2, -0.15) is 5.10 Å². The lowest BCUT2D eigenvalue weighted by molar-refractivity contribution is -0.116. The van der Waals surface area contributed by atoms with Gasteiger partial charge >= 0.3 is 0 Å². The second-order valence-electron chi connectivity index (χ2n) is 8.86. The van der Waals surface area contributed by atoms with Gasteiger partial charge in [0.05, 0.1) is 17.9 Å². The van der Waals surface area contributed by atoms with Crippen LogP contribution in [0.3, 0.4) is 0 Å². The molecule has 184 valence electrons. The highest BCUT2D eigenvalue weighted by Crippen LogP contribution is 2.34. The lowest BCUT2D eigenvalue weighted by Crippen LogP contribution is -2.27. The number of nitrogens with zero attached hydrogens (tertiary/aromatic N) is 4. The standard InChI is InChI=1S/C28H23N5O3S/c1-18-7-11-20(12-8-18)33-26-24(16-29-33)27(35)32-21(17-37-28(32)31-26)15-25(34)30-19-9-13-23(14-10-19)36-22-5-3-2-4-6-22/h2-14,16,21H,15,17H2,1H3,(H,30,34). The van der Waals surface area contributed by atoms with Crippen molar-refractivity contribution < 1.29 is 9.53 Å². The molecule has 0 fully saturated rings. The number of aromatic nitrogens is 4. The van der Waals surface area contributed by atoms with Crippen LogP contribution in [0.2, 0.25) is 0 Å². The summed E-state index contributed by atoms with van der Waals surface area (Å²) in [5.74, 6) is 1.86. The molecule has 0 bridgehead atoms. The number of hydrogen-bond acceptors (Lipinski definition) is 6. The van der Waals surface area contributed by atoms with Crippen LogP contribution >= 0.6 is 11.8 Å². The molecule has 1 atom stereocenters. The van der Waals surface area contributed by atoms with E-state index >= 15 is 0 Å². The normalized spacial score (nSPS) is 14.5. The molecule has 0 radical (unpaired) electrons. The van der Waals surface area contributed by atoms with Crippen LogP contribution in [0.4, 0.5) is 5.69 Å². The molecule has 0 saturated carbocycles. The second-order valence-corrected chi connectivity index (χ2v) is 9.84. The van der Waals surface area contributed by atoms with Gasteiger partial charge in [-0.3, -0.25) is 14.2 Å². The Balaban J connectivity index is 1.17. The van der Waals surface area contributed by atoms with E-state index in [2.05, 4.69) is 10.4 Å². The smallest absolute Gasteiger partial charge is 0.265 e. The number of rotatable bonds is 6. The van der Waals surface area contributed by atoms with Crippen LogP contribution < -0.4 is 15.6 Å². The Hall–Kier alpha value is -4.37. The van der Waals surface area contributed by atoms with E-state index in [1.807, 2.05) is 61.5 Å². The van der Waals surface area contributed by atoms with Crippen LogP contribution in [0.1, 0.15) is 18.0 Å². The van der Waals surface area contributed by atoms with Gasteiger partial charge < -0.3 is 10.1 Å². The number of nitrogens with one attached hydrogen (secondary N) is 1. The predicted molar refractivity (Wildman–Crippen MR) is 144 cm³/mol. The number of carbonyl (C=O) groups excluding carboxylic acids is 1. The molecule has 0 saturated heterocycles. The third kappa shape index (κ3) is 4.61. The molecule has 0 aliphatic carbocycles. The molecule has 37 heavy (non-hydrogen) atoms. The SMILES string of the molecule is Cc1ccc(-n2ncc3c(=O)n4c(nc32)SCC4CC(=O)Nc2ccc(Oc3ccccc3)cc2)cc1. The van der Waals surface area contributed by atoms with Crippen molar-refractivity contribution >= 4 is 34.4 Å². The van der Waals surface area contributed by atoms with E-state index in [-0.39, 0.29) is 23.9 Å². The zero-order chi connectivity index (χ0) is 25.4. The molecule has 6 rings (SSSR count). The van der Waals surface area contributed by atoms with E-state index in [0.29, 0.717) is 33.4 Å². The molecular formula is C28H23N5O3S. The highest BCUT2D eigenvalue weighted by molar-refractivity contribution is 7.99. The van der Waals surface area contributed by atoms with Crippen LogP contribution in [-0.4, -0.2) is 31.0 Å². The van der Waals surface area contributed by atoms with Gasteiger partial charge in [0.25, 0.3) is 5.56 Å². The molecule has 1 unspecified atom stereocenters. The van der Waals surface area contributed by atoms with Crippen molar-refractivity contribution in [2.75, 3.05) is 11.1 Å². The fourth-order valence-corrected chi connectivity index (χ4v) is 5.44. The molecule has 3 aromatic carbocycles. The van der Waals surface area contributed by atoms with Gasteiger partial charge in [-0.05, 0) is 55.5 Å². The van der Waals surface area contributed by atoms with Crippen molar-refractivity contribution in [3.63, 3.8) is 0 Å². The summed E-state index contributed by atoms with van der Waals surface area (Å²) in [6.07, 6.45) is 1.72. The number of benzene rings is 3. The molecule has 1 aliphatic rings. The van der Waals surface area contributed by atoms with Crippen LogP contribution in [0.25, 0.3) is 16.7 Å². The highest BCUT2D eigenvalue weighted by Gasteiger charge is 2.29. The van der Waals surface area contributed by atoms with Crippen molar-refractivity contribution in [1.82, 2.24) is 19.3 Å². The molecular weight excluding hydrogens is 486 g/mol. The van der Waals surface area contributed by atoms with Gasteiger partial charge in [0, 0.05) is 17.9 Å². The lowest BCUT2D eigenvalue weighted by atomic mass is 10.2. The maximum absolute atomic E-state index is 13.4. The summed E-state index contributed by atoms with van der Waals surface area (Å²) in [5, 5.41) is 8.38. The zero-order valence-electron chi connectivity index (χ0n) is 20.0. The lowest BCUT2D eigenvalue weighted by Gasteiger charge is -2.14. The fourth-order valence-electron chi connectivity index (χ4n) is 4.31. The maximum Gasteiger partial charge on any atom is 0.265 e. The van der Waals surface area contributed by atoms with E-state index in [9.17, 15) is 9.59 Å². The van der Waals surface area contributed by atoms with E-state index in [1.54, 1.807) is 39.7 Å². The number of hydrogen-bond donors (Lipinski definition) is 1. The third-order valence-electron chi connectivity index (χ3n) is 6.19. The Morgan fingerprint density at radius 2 is 1.76 bits per heavy atom. The van der Waals surface area contributed by atoms with Crippen molar-refractivity contribution in [2.45, 2.75) is 24.5 Å². The largest absolute Gasteiger partial charge is 0.457 e. The maximum atomic E-state index is 13.4. The first-order valence-corrected chi connectivity index (χ1v) is 12.9. The van der Waals surface area contributed by atoms with Gasteiger partial charge in [-0.15, -0.1) is 0 Å². The topological polar surface area (TPSA) is 91.0 Å². The summed E-state index contributed by atoms with van der Waals surface area (Å²) in [4.78, 5) is 31.0.